The highest BCUT2D eigenvalue weighted by atomic mass is 32.1. The molecule has 0 radical (unpaired) electrons. The number of aromatic nitrogens is 2. The van der Waals surface area contributed by atoms with Gasteiger partial charge in [0.25, 0.3) is 0 Å². The predicted octanol–water partition coefficient (Wildman–Crippen LogP) is 2.17. The fraction of sp³-hybridized carbons (Fsp3) is 0.273. The van der Waals surface area contributed by atoms with E-state index >= 15 is 0 Å². The summed E-state index contributed by atoms with van der Waals surface area (Å²) in [5.41, 5.74) is 0.761. The zero-order chi connectivity index (χ0) is 12.3. The van der Waals surface area contributed by atoms with Crippen LogP contribution >= 0.6 is 11.3 Å². The van der Waals surface area contributed by atoms with E-state index in [4.69, 9.17) is 4.74 Å². The molecule has 17 heavy (non-hydrogen) atoms. The lowest BCUT2D eigenvalue weighted by Crippen LogP contribution is -2.00. The summed E-state index contributed by atoms with van der Waals surface area (Å²) >= 11 is 1.48. The first-order valence-corrected chi connectivity index (χ1v) is 5.91. The Labute approximate surface area is 103 Å². The maximum Gasteiger partial charge on any atom is 0.205 e. The van der Waals surface area contributed by atoms with Crippen molar-refractivity contribution in [1.82, 2.24) is 10.2 Å². The molecule has 0 atom stereocenters. The van der Waals surface area contributed by atoms with Crippen LogP contribution in [0.4, 0.5) is 5.13 Å². The van der Waals surface area contributed by atoms with Gasteiger partial charge in [0.1, 0.15) is 5.01 Å². The van der Waals surface area contributed by atoms with E-state index in [2.05, 4.69) is 15.5 Å². The average molecular weight is 251 g/mol. The molecule has 1 aromatic carbocycles. The van der Waals surface area contributed by atoms with Crippen molar-refractivity contribution in [3.63, 3.8) is 0 Å². The van der Waals surface area contributed by atoms with Crippen LogP contribution in [-0.2, 0) is 6.54 Å². The number of anilines is 1. The second kappa shape index (κ2) is 5.01. The number of benzene rings is 1. The summed E-state index contributed by atoms with van der Waals surface area (Å²) in [7, 11) is 1.53. The molecular formula is C11H13N3O2S. The lowest BCUT2D eigenvalue weighted by atomic mass is 10.2. The summed E-state index contributed by atoms with van der Waals surface area (Å²) < 4.78 is 5.04. The predicted molar refractivity (Wildman–Crippen MR) is 66.6 cm³/mol. The van der Waals surface area contributed by atoms with Gasteiger partial charge in [0.05, 0.1) is 7.11 Å². The Bertz CT molecular complexity index is 513. The largest absolute Gasteiger partial charge is 0.504 e. The number of methoxy groups -OCH3 is 1. The fourth-order valence-electron chi connectivity index (χ4n) is 1.41. The zero-order valence-electron chi connectivity index (χ0n) is 9.60. The van der Waals surface area contributed by atoms with Crippen molar-refractivity contribution in [3.8, 4) is 11.5 Å². The van der Waals surface area contributed by atoms with Gasteiger partial charge in [-0.1, -0.05) is 23.5 Å². The minimum Gasteiger partial charge on any atom is -0.504 e. The van der Waals surface area contributed by atoms with Gasteiger partial charge in [-0.2, -0.15) is 0 Å². The van der Waals surface area contributed by atoms with Crippen LogP contribution < -0.4 is 10.1 Å². The Balaban J connectivity index is 2.09. The molecule has 0 spiro atoms. The molecule has 0 aliphatic rings. The second-order valence-corrected chi connectivity index (χ2v) is 4.63. The van der Waals surface area contributed by atoms with Crippen LogP contribution in [-0.4, -0.2) is 22.4 Å². The van der Waals surface area contributed by atoms with Crippen LogP contribution in [0.1, 0.15) is 10.6 Å². The van der Waals surface area contributed by atoms with Gasteiger partial charge in [-0.3, -0.25) is 0 Å². The molecule has 0 unspecified atom stereocenters. The maximum atomic E-state index is 9.87. The van der Waals surface area contributed by atoms with Gasteiger partial charge in [-0.25, -0.2) is 0 Å². The Kier molecular flexibility index (Phi) is 3.43. The van der Waals surface area contributed by atoms with Crippen LogP contribution in [0.2, 0.25) is 0 Å². The molecule has 0 bridgehead atoms. The first kappa shape index (κ1) is 11.7. The van der Waals surface area contributed by atoms with Crippen molar-refractivity contribution >= 4 is 16.5 Å². The molecule has 0 saturated heterocycles. The van der Waals surface area contributed by atoms with Crippen LogP contribution in [0.3, 0.4) is 0 Å². The summed E-state index contributed by atoms with van der Waals surface area (Å²) in [5.74, 6) is 0.626. The molecule has 5 nitrogen and oxygen atoms in total. The smallest absolute Gasteiger partial charge is 0.205 e. The normalized spacial score (nSPS) is 10.2. The summed E-state index contributed by atoms with van der Waals surface area (Å²) in [6.07, 6.45) is 0. The van der Waals surface area contributed by atoms with Gasteiger partial charge in [0.15, 0.2) is 11.5 Å². The number of hydrogen-bond donors (Lipinski definition) is 2. The summed E-state index contributed by atoms with van der Waals surface area (Å²) in [6, 6.07) is 5.38. The minimum atomic E-state index is 0.156. The number of aryl methyl sites for hydroxylation is 1. The van der Waals surface area contributed by atoms with E-state index < -0.39 is 0 Å². The van der Waals surface area contributed by atoms with E-state index in [0.29, 0.717) is 12.3 Å². The molecule has 0 saturated carbocycles. The first-order chi connectivity index (χ1) is 8.20. The highest BCUT2D eigenvalue weighted by molar-refractivity contribution is 7.15. The molecule has 0 aliphatic heterocycles. The van der Waals surface area contributed by atoms with Gasteiger partial charge in [-0.05, 0) is 13.0 Å². The van der Waals surface area contributed by atoms with Crippen LogP contribution in [0.25, 0.3) is 0 Å². The third-order valence-electron chi connectivity index (χ3n) is 2.26. The van der Waals surface area contributed by atoms with Gasteiger partial charge in [0.2, 0.25) is 5.13 Å². The summed E-state index contributed by atoms with van der Waals surface area (Å²) in [6.45, 7) is 2.38. The van der Waals surface area contributed by atoms with Crippen LogP contribution in [0.5, 0.6) is 11.5 Å². The monoisotopic (exact) mass is 251 g/mol. The van der Waals surface area contributed by atoms with E-state index in [-0.39, 0.29) is 5.75 Å². The van der Waals surface area contributed by atoms with Crippen molar-refractivity contribution < 1.29 is 9.84 Å². The number of phenols is 1. The number of aromatic hydroxyl groups is 1. The number of para-hydroxylation sites is 1. The third kappa shape index (κ3) is 2.65. The van der Waals surface area contributed by atoms with Crippen molar-refractivity contribution in [2.45, 2.75) is 13.5 Å². The fourth-order valence-corrected chi connectivity index (χ4v) is 2.00. The summed E-state index contributed by atoms with van der Waals surface area (Å²) in [5, 5.41) is 22.5. The number of rotatable bonds is 4. The Morgan fingerprint density at radius 1 is 1.41 bits per heavy atom. The number of nitrogens with one attached hydrogen (secondary N) is 1. The Hall–Kier alpha value is -1.82. The number of phenolic OH excluding ortho intramolecular Hbond substituents is 1. The van der Waals surface area contributed by atoms with E-state index in [0.717, 1.165) is 15.7 Å². The minimum absolute atomic E-state index is 0.156. The molecule has 2 aromatic rings. The quantitative estimate of drug-likeness (QED) is 0.871. The van der Waals surface area contributed by atoms with Gasteiger partial charge in [0, 0.05) is 12.1 Å². The molecule has 1 heterocycles. The van der Waals surface area contributed by atoms with Crippen molar-refractivity contribution in [2.24, 2.45) is 0 Å². The molecule has 0 aliphatic carbocycles. The number of hydrogen-bond acceptors (Lipinski definition) is 6. The lowest BCUT2D eigenvalue weighted by molar-refractivity contribution is 0.371. The van der Waals surface area contributed by atoms with E-state index in [1.165, 1.54) is 18.4 Å². The SMILES string of the molecule is COc1cccc(CNc2nnc(C)s2)c1O. The van der Waals surface area contributed by atoms with Gasteiger partial charge in [-0.15, -0.1) is 10.2 Å². The first-order valence-electron chi connectivity index (χ1n) is 5.09. The lowest BCUT2D eigenvalue weighted by Gasteiger charge is -2.08. The summed E-state index contributed by atoms with van der Waals surface area (Å²) in [4.78, 5) is 0. The van der Waals surface area contributed by atoms with E-state index in [1.807, 2.05) is 19.1 Å². The molecule has 90 valence electrons. The third-order valence-corrected chi connectivity index (χ3v) is 3.05. The topological polar surface area (TPSA) is 67.3 Å². The van der Waals surface area contributed by atoms with Gasteiger partial charge >= 0.3 is 0 Å². The van der Waals surface area contributed by atoms with E-state index in [9.17, 15) is 5.11 Å². The van der Waals surface area contributed by atoms with Crippen molar-refractivity contribution in [1.29, 1.82) is 0 Å². The Morgan fingerprint density at radius 3 is 2.88 bits per heavy atom. The van der Waals surface area contributed by atoms with Crippen molar-refractivity contribution in [2.75, 3.05) is 12.4 Å². The maximum absolute atomic E-state index is 9.87. The highest BCUT2D eigenvalue weighted by Crippen LogP contribution is 2.29. The second-order valence-electron chi connectivity index (χ2n) is 3.45. The average Bonchev–Trinajstić information content (AvgIpc) is 2.74. The van der Waals surface area contributed by atoms with Crippen LogP contribution in [0.15, 0.2) is 18.2 Å². The number of nitrogens with zero attached hydrogens (tertiary/aromatic N) is 2. The molecule has 0 amide bonds. The van der Waals surface area contributed by atoms with E-state index in [1.54, 1.807) is 6.07 Å². The Morgan fingerprint density at radius 2 is 2.24 bits per heavy atom. The standard InChI is InChI=1S/C11H13N3O2S/c1-7-13-14-11(17-7)12-6-8-4-3-5-9(16-2)10(8)15/h3-5,15H,6H2,1-2H3,(H,12,14). The van der Waals surface area contributed by atoms with Crippen molar-refractivity contribution in [3.05, 3.63) is 28.8 Å². The number of ether oxygens (including phenoxy) is 1. The van der Waals surface area contributed by atoms with Crippen LogP contribution in [0, 0.1) is 6.92 Å². The zero-order valence-corrected chi connectivity index (χ0v) is 10.4. The molecule has 2 rings (SSSR count). The molecular weight excluding hydrogens is 238 g/mol. The molecule has 0 fully saturated rings. The molecule has 2 N–H and O–H groups in total. The highest BCUT2D eigenvalue weighted by Gasteiger charge is 2.07. The molecule has 6 heteroatoms. The molecule has 1 aromatic heterocycles. The van der Waals surface area contributed by atoms with Gasteiger partial charge < -0.3 is 15.2 Å².